The molecule has 0 radical (unpaired) electrons. The smallest absolute Gasteiger partial charge is 0.220 e. The first-order valence-electron chi connectivity index (χ1n) is 7.97. The van der Waals surface area contributed by atoms with Crippen LogP contribution in [0.3, 0.4) is 0 Å². The van der Waals surface area contributed by atoms with Crippen LogP contribution in [0.4, 0.5) is 0 Å². The van der Waals surface area contributed by atoms with Crippen LogP contribution < -0.4 is 15.4 Å². The number of hydrogen-bond donors (Lipinski definition) is 2. The van der Waals surface area contributed by atoms with Gasteiger partial charge >= 0.3 is 0 Å². The van der Waals surface area contributed by atoms with Crippen LogP contribution in [0.5, 0.6) is 5.75 Å². The Labute approximate surface area is 127 Å². The van der Waals surface area contributed by atoms with E-state index in [4.69, 9.17) is 4.74 Å². The van der Waals surface area contributed by atoms with Gasteiger partial charge in [-0.1, -0.05) is 19.1 Å². The standard InChI is InChI=1S/C17H26N2O2/c1-2-11-21-16-6-3-14(4-7-16)13-19-17(20)8-5-15-9-10-18-12-15/h3-4,6-7,15,18H,2,5,8-13H2,1H3,(H,19,20). The Morgan fingerprint density at radius 1 is 1.38 bits per heavy atom. The number of carbonyl (C=O) groups excluding carboxylic acids is 1. The highest BCUT2D eigenvalue weighted by Crippen LogP contribution is 2.15. The number of hydrogen-bond acceptors (Lipinski definition) is 3. The number of benzene rings is 1. The average molecular weight is 290 g/mol. The number of carbonyl (C=O) groups is 1. The van der Waals surface area contributed by atoms with Gasteiger partial charge in [0.05, 0.1) is 6.61 Å². The van der Waals surface area contributed by atoms with Crippen LogP contribution in [0.1, 0.15) is 38.2 Å². The van der Waals surface area contributed by atoms with Crippen molar-refractivity contribution in [2.45, 2.75) is 39.2 Å². The van der Waals surface area contributed by atoms with Crippen LogP contribution >= 0.6 is 0 Å². The molecule has 0 bridgehead atoms. The minimum Gasteiger partial charge on any atom is -0.494 e. The van der Waals surface area contributed by atoms with Crippen molar-refractivity contribution in [1.29, 1.82) is 0 Å². The number of rotatable bonds is 8. The van der Waals surface area contributed by atoms with Gasteiger partial charge in [-0.05, 0) is 56.0 Å². The Balaban J connectivity index is 1.65. The summed E-state index contributed by atoms with van der Waals surface area (Å²) in [6.07, 6.45) is 3.83. The maximum atomic E-state index is 11.8. The molecule has 1 aromatic carbocycles. The van der Waals surface area contributed by atoms with E-state index in [-0.39, 0.29) is 5.91 Å². The molecule has 4 nitrogen and oxygen atoms in total. The van der Waals surface area contributed by atoms with Crippen molar-refractivity contribution in [2.75, 3.05) is 19.7 Å². The molecule has 0 aliphatic carbocycles. The van der Waals surface area contributed by atoms with Gasteiger partial charge < -0.3 is 15.4 Å². The summed E-state index contributed by atoms with van der Waals surface area (Å²) in [5.41, 5.74) is 1.11. The van der Waals surface area contributed by atoms with Crippen LogP contribution in [0.2, 0.25) is 0 Å². The lowest BCUT2D eigenvalue weighted by atomic mass is 10.0. The van der Waals surface area contributed by atoms with Crippen LogP contribution in [0.15, 0.2) is 24.3 Å². The first kappa shape index (κ1) is 15.8. The predicted molar refractivity (Wildman–Crippen MR) is 84.3 cm³/mol. The van der Waals surface area contributed by atoms with Gasteiger partial charge in [-0.15, -0.1) is 0 Å². The Morgan fingerprint density at radius 2 is 2.19 bits per heavy atom. The third kappa shape index (κ3) is 5.76. The molecule has 0 spiro atoms. The molecule has 1 saturated heterocycles. The van der Waals surface area contributed by atoms with E-state index in [1.807, 2.05) is 24.3 Å². The first-order chi connectivity index (χ1) is 10.3. The SMILES string of the molecule is CCCOc1ccc(CNC(=O)CCC2CCNC2)cc1. The molecule has 2 rings (SSSR count). The van der Waals surface area contributed by atoms with Crippen molar-refractivity contribution in [3.8, 4) is 5.75 Å². The molecule has 1 heterocycles. The fourth-order valence-corrected chi connectivity index (χ4v) is 2.51. The summed E-state index contributed by atoms with van der Waals surface area (Å²) in [6.45, 7) is 5.58. The van der Waals surface area contributed by atoms with Gasteiger partial charge in [0.15, 0.2) is 0 Å². The van der Waals surface area contributed by atoms with Crippen LogP contribution in [0, 0.1) is 5.92 Å². The molecule has 1 aromatic rings. The van der Waals surface area contributed by atoms with E-state index in [1.165, 1.54) is 6.42 Å². The molecule has 0 saturated carbocycles. The van der Waals surface area contributed by atoms with Gasteiger partial charge in [-0.2, -0.15) is 0 Å². The second kappa shape index (κ2) is 8.67. The highest BCUT2D eigenvalue weighted by molar-refractivity contribution is 5.75. The molecule has 1 aliphatic rings. The van der Waals surface area contributed by atoms with Crippen molar-refractivity contribution >= 4 is 5.91 Å². The topological polar surface area (TPSA) is 50.4 Å². The van der Waals surface area contributed by atoms with Crippen LogP contribution in [0.25, 0.3) is 0 Å². The molecule has 1 unspecified atom stereocenters. The second-order valence-corrected chi connectivity index (χ2v) is 5.67. The van der Waals surface area contributed by atoms with E-state index in [9.17, 15) is 4.79 Å². The maximum absolute atomic E-state index is 11.8. The Kier molecular flexibility index (Phi) is 6.54. The molecule has 1 atom stereocenters. The fourth-order valence-electron chi connectivity index (χ4n) is 2.51. The molecule has 2 N–H and O–H groups in total. The molecule has 1 fully saturated rings. The minimum atomic E-state index is 0.146. The van der Waals surface area contributed by atoms with Crippen molar-refractivity contribution in [2.24, 2.45) is 5.92 Å². The van der Waals surface area contributed by atoms with E-state index in [0.717, 1.165) is 43.9 Å². The summed E-state index contributed by atoms with van der Waals surface area (Å²) in [7, 11) is 0. The molecular formula is C17H26N2O2. The largest absolute Gasteiger partial charge is 0.494 e. The van der Waals surface area contributed by atoms with Crippen LogP contribution in [-0.2, 0) is 11.3 Å². The average Bonchev–Trinajstić information content (AvgIpc) is 3.03. The van der Waals surface area contributed by atoms with Crippen molar-refractivity contribution in [3.05, 3.63) is 29.8 Å². The van der Waals surface area contributed by atoms with Crippen LogP contribution in [-0.4, -0.2) is 25.6 Å². The van der Waals surface area contributed by atoms with Crippen molar-refractivity contribution in [1.82, 2.24) is 10.6 Å². The van der Waals surface area contributed by atoms with Crippen molar-refractivity contribution < 1.29 is 9.53 Å². The molecule has 116 valence electrons. The first-order valence-corrected chi connectivity index (χ1v) is 7.97. The fraction of sp³-hybridized carbons (Fsp3) is 0.588. The quantitative estimate of drug-likeness (QED) is 0.773. The molecule has 0 aromatic heterocycles. The summed E-state index contributed by atoms with van der Waals surface area (Å²) in [6, 6.07) is 7.93. The zero-order valence-electron chi connectivity index (χ0n) is 12.9. The second-order valence-electron chi connectivity index (χ2n) is 5.67. The normalized spacial score (nSPS) is 17.7. The molecule has 1 amide bonds. The van der Waals surface area contributed by atoms with E-state index < -0.39 is 0 Å². The van der Waals surface area contributed by atoms with Gasteiger partial charge in [0.1, 0.15) is 5.75 Å². The van der Waals surface area contributed by atoms with Gasteiger partial charge in [0.25, 0.3) is 0 Å². The third-order valence-electron chi connectivity index (χ3n) is 3.83. The molecule has 21 heavy (non-hydrogen) atoms. The third-order valence-corrected chi connectivity index (χ3v) is 3.83. The van der Waals surface area contributed by atoms with Crippen molar-refractivity contribution in [3.63, 3.8) is 0 Å². The van der Waals surface area contributed by atoms with Gasteiger partial charge in [0, 0.05) is 13.0 Å². The van der Waals surface area contributed by atoms with Gasteiger partial charge in [-0.25, -0.2) is 0 Å². The molecular weight excluding hydrogens is 264 g/mol. The lowest BCUT2D eigenvalue weighted by Gasteiger charge is -2.09. The molecule has 4 heteroatoms. The number of amides is 1. The zero-order valence-corrected chi connectivity index (χ0v) is 12.9. The summed E-state index contributed by atoms with van der Waals surface area (Å²) in [4.78, 5) is 11.8. The monoisotopic (exact) mass is 290 g/mol. The summed E-state index contributed by atoms with van der Waals surface area (Å²) < 4.78 is 5.54. The summed E-state index contributed by atoms with van der Waals surface area (Å²) in [5.74, 6) is 1.71. The van der Waals surface area contributed by atoms with Gasteiger partial charge in [-0.3, -0.25) is 4.79 Å². The minimum absolute atomic E-state index is 0.146. The highest BCUT2D eigenvalue weighted by Gasteiger charge is 2.15. The van der Waals surface area contributed by atoms with E-state index in [2.05, 4.69) is 17.6 Å². The highest BCUT2D eigenvalue weighted by atomic mass is 16.5. The Morgan fingerprint density at radius 3 is 2.86 bits per heavy atom. The Bertz CT molecular complexity index is 425. The van der Waals surface area contributed by atoms with Gasteiger partial charge in [0.2, 0.25) is 5.91 Å². The Hall–Kier alpha value is -1.55. The summed E-state index contributed by atoms with van der Waals surface area (Å²) in [5, 5.41) is 6.32. The predicted octanol–water partition coefficient (Wildman–Crippen LogP) is 2.48. The zero-order chi connectivity index (χ0) is 14.9. The van der Waals surface area contributed by atoms with E-state index in [0.29, 0.717) is 18.9 Å². The lowest BCUT2D eigenvalue weighted by molar-refractivity contribution is -0.121. The molecule has 1 aliphatic heterocycles. The van der Waals surface area contributed by atoms with E-state index in [1.54, 1.807) is 0 Å². The van der Waals surface area contributed by atoms with E-state index >= 15 is 0 Å². The number of ether oxygens (including phenoxy) is 1. The maximum Gasteiger partial charge on any atom is 0.220 e. The summed E-state index contributed by atoms with van der Waals surface area (Å²) >= 11 is 0. The lowest BCUT2D eigenvalue weighted by Crippen LogP contribution is -2.23. The number of nitrogens with one attached hydrogen (secondary N) is 2.